The second kappa shape index (κ2) is 7.79. The zero-order chi connectivity index (χ0) is 18.5. The molecule has 3 rings (SSSR count). The van der Waals surface area contributed by atoms with Crippen LogP contribution in [0.4, 0.5) is 0 Å². The molecule has 0 aliphatic heterocycles. The van der Waals surface area contributed by atoms with Gasteiger partial charge in [0.2, 0.25) is 5.76 Å². The molecule has 0 saturated carbocycles. The van der Waals surface area contributed by atoms with E-state index in [-0.39, 0.29) is 17.2 Å². The third-order valence-electron chi connectivity index (χ3n) is 3.21. The lowest BCUT2D eigenvalue weighted by molar-refractivity contribution is 0.0700. The zero-order valence-electron chi connectivity index (χ0n) is 13.5. The minimum Gasteiger partial charge on any atom is -0.457 e. The van der Waals surface area contributed by atoms with E-state index in [4.69, 9.17) is 9.15 Å². The van der Waals surface area contributed by atoms with Crippen molar-refractivity contribution in [1.29, 1.82) is 0 Å². The van der Waals surface area contributed by atoms with Gasteiger partial charge in [0.15, 0.2) is 5.69 Å². The number of aromatic amines is 1. The second-order valence-electron chi connectivity index (χ2n) is 5.18. The molecule has 8 nitrogen and oxygen atoms in total. The van der Waals surface area contributed by atoms with E-state index in [0.717, 1.165) is 10.2 Å². The minimum absolute atomic E-state index is 0.0815. The van der Waals surface area contributed by atoms with E-state index in [1.807, 2.05) is 0 Å². The van der Waals surface area contributed by atoms with Crippen LogP contribution in [-0.2, 0) is 0 Å². The second-order valence-corrected chi connectivity index (χ2v) is 6.10. The summed E-state index contributed by atoms with van der Waals surface area (Å²) in [5, 5.41) is 10.4. The first-order valence-electron chi connectivity index (χ1n) is 7.43. The average Bonchev–Trinajstić information content (AvgIpc) is 3.28. The molecule has 0 unspecified atom stereocenters. The van der Waals surface area contributed by atoms with Crippen LogP contribution >= 0.6 is 15.9 Å². The van der Waals surface area contributed by atoms with Crippen molar-refractivity contribution in [2.24, 2.45) is 5.10 Å². The summed E-state index contributed by atoms with van der Waals surface area (Å²) in [4.78, 5) is 23.9. The standard InChI is InChI=1S/C17H13BrN4O4/c1-10-7-13(21-20-10)16(23)22-19-9-11-8-12(18)4-5-14(11)26-17(24)15-3-2-6-25-15/h2-9H,1H3,(H,20,21)(H,22,23)/b19-9-. The van der Waals surface area contributed by atoms with E-state index in [1.165, 1.54) is 18.5 Å². The van der Waals surface area contributed by atoms with Crippen LogP contribution in [0.3, 0.4) is 0 Å². The SMILES string of the molecule is Cc1cc(C(=O)N/N=C\c2cc(Br)ccc2OC(=O)c2ccco2)n[nH]1. The summed E-state index contributed by atoms with van der Waals surface area (Å²) in [6, 6.07) is 9.70. The van der Waals surface area contributed by atoms with Crippen molar-refractivity contribution < 1.29 is 18.7 Å². The fourth-order valence-corrected chi connectivity index (χ4v) is 2.39. The predicted octanol–water partition coefficient (Wildman–Crippen LogP) is 3.06. The molecule has 2 aromatic heterocycles. The Morgan fingerprint density at radius 3 is 2.88 bits per heavy atom. The number of hydrogen-bond acceptors (Lipinski definition) is 6. The van der Waals surface area contributed by atoms with Gasteiger partial charge in [0.1, 0.15) is 5.75 Å². The smallest absolute Gasteiger partial charge is 0.379 e. The number of benzene rings is 1. The van der Waals surface area contributed by atoms with Crippen LogP contribution in [0.25, 0.3) is 0 Å². The normalized spacial score (nSPS) is 10.8. The van der Waals surface area contributed by atoms with E-state index < -0.39 is 11.9 Å². The molecule has 1 amide bonds. The van der Waals surface area contributed by atoms with Crippen LogP contribution < -0.4 is 10.2 Å². The Bertz CT molecular complexity index is 963. The zero-order valence-corrected chi connectivity index (χ0v) is 15.1. The lowest BCUT2D eigenvalue weighted by atomic mass is 10.2. The molecule has 0 fully saturated rings. The molecule has 0 aliphatic rings. The lowest BCUT2D eigenvalue weighted by Gasteiger charge is -2.06. The van der Waals surface area contributed by atoms with Crippen molar-refractivity contribution >= 4 is 34.0 Å². The number of carbonyl (C=O) groups excluding carboxylic acids is 2. The van der Waals surface area contributed by atoms with Crippen molar-refractivity contribution in [3.05, 3.63) is 69.8 Å². The number of rotatable bonds is 5. The molecule has 132 valence electrons. The number of aryl methyl sites for hydroxylation is 1. The molecule has 9 heteroatoms. The number of nitrogens with one attached hydrogen (secondary N) is 2. The van der Waals surface area contributed by atoms with Crippen molar-refractivity contribution in [1.82, 2.24) is 15.6 Å². The Balaban J connectivity index is 1.73. The first-order valence-corrected chi connectivity index (χ1v) is 8.23. The Hall–Kier alpha value is -3.20. The van der Waals surface area contributed by atoms with Gasteiger partial charge < -0.3 is 9.15 Å². The van der Waals surface area contributed by atoms with Gasteiger partial charge in [-0.15, -0.1) is 0 Å². The summed E-state index contributed by atoms with van der Waals surface area (Å²) in [7, 11) is 0. The van der Waals surface area contributed by atoms with Crippen LogP contribution in [-0.4, -0.2) is 28.3 Å². The van der Waals surface area contributed by atoms with Crippen LogP contribution in [0.2, 0.25) is 0 Å². The van der Waals surface area contributed by atoms with E-state index in [1.54, 1.807) is 37.3 Å². The van der Waals surface area contributed by atoms with Gasteiger partial charge in [-0.05, 0) is 43.3 Å². The van der Waals surface area contributed by atoms with Crippen molar-refractivity contribution in [3.63, 3.8) is 0 Å². The summed E-state index contributed by atoms with van der Waals surface area (Å²) in [5.74, 6) is -0.751. The predicted molar refractivity (Wildman–Crippen MR) is 96.2 cm³/mol. The number of carbonyl (C=O) groups is 2. The van der Waals surface area contributed by atoms with Crippen LogP contribution in [0.15, 0.2) is 56.7 Å². The highest BCUT2D eigenvalue weighted by molar-refractivity contribution is 9.10. The quantitative estimate of drug-likeness (QED) is 0.287. The van der Waals surface area contributed by atoms with Gasteiger partial charge in [-0.3, -0.25) is 9.89 Å². The summed E-state index contributed by atoms with van der Waals surface area (Å²) in [5.41, 5.74) is 3.83. The Kier molecular flexibility index (Phi) is 5.28. The molecule has 0 atom stereocenters. The molecule has 1 aromatic carbocycles. The largest absolute Gasteiger partial charge is 0.457 e. The molecule has 0 aliphatic carbocycles. The van der Waals surface area contributed by atoms with Gasteiger partial charge in [-0.1, -0.05) is 15.9 Å². The minimum atomic E-state index is -0.636. The maximum absolute atomic E-state index is 12.0. The number of amides is 1. The first-order chi connectivity index (χ1) is 12.5. The van der Waals surface area contributed by atoms with Crippen LogP contribution in [0.1, 0.15) is 32.3 Å². The highest BCUT2D eigenvalue weighted by atomic mass is 79.9. The van der Waals surface area contributed by atoms with Gasteiger partial charge in [0.05, 0.1) is 12.5 Å². The van der Waals surface area contributed by atoms with Gasteiger partial charge >= 0.3 is 5.97 Å². The van der Waals surface area contributed by atoms with E-state index >= 15 is 0 Å². The number of aromatic nitrogens is 2. The van der Waals surface area contributed by atoms with Crippen molar-refractivity contribution in [3.8, 4) is 5.75 Å². The number of esters is 1. The van der Waals surface area contributed by atoms with Crippen LogP contribution in [0.5, 0.6) is 5.75 Å². The number of H-pyrrole nitrogens is 1. The number of furan rings is 1. The molecule has 2 N–H and O–H groups in total. The molecule has 26 heavy (non-hydrogen) atoms. The van der Waals surface area contributed by atoms with Gasteiger partial charge in [-0.25, -0.2) is 10.2 Å². The third kappa shape index (κ3) is 4.25. The molecule has 2 heterocycles. The third-order valence-corrected chi connectivity index (χ3v) is 3.70. The molecule has 0 saturated heterocycles. The number of hydrogen-bond donors (Lipinski definition) is 2. The molecule has 0 bridgehead atoms. The number of halogens is 1. The van der Waals surface area contributed by atoms with Crippen molar-refractivity contribution in [2.45, 2.75) is 6.92 Å². The fourth-order valence-electron chi connectivity index (χ4n) is 2.01. The van der Waals surface area contributed by atoms with E-state index in [2.05, 4.69) is 36.7 Å². The van der Waals surface area contributed by atoms with E-state index in [0.29, 0.717) is 5.56 Å². The summed E-state index contributed by atoms with van der Waals surface area (Å²) in [6.45, 7) is 1.79. The topological polar surface area (TPSA) is 110 Å². The molecular formula is C17H13BrN4O4. The lowest BCUT2D eigenvalue weighted by Crippen LogP contribution is -2.18. The van der Waals surface area contributed by atoms with Gasteiger partial charge in [0.25, 0.3) is 5.91 Å². The number of nitrogens with zero attached hydrogens (tertiary/aromatic N) is 2. The van der Waals surface area contributed by atoms with E-state index in [9.17, 15) is 9.59 Å². The Morgan fingerprint density at radius 1 is 1.35 bits per heavy atom. The number of hydrazone groups is 1. The first kappa shape index (κ1) is 17.6. The van der Waals surface area contributed by atoms with Crippen LogP contribution in [0, 0.1) is 6.92 Å². The highest BCUT2D eigenvalue weighted by Crippen LogP contribution is 2.23. The fraction of sp³-hybridized carbons (Fsp3) is 0.0588. The highest BCUT2D eigenvalue weighted by Gasteiger charge is 2.14. The summed E-state index contributed by atoms with van der Waals surface area (Å²) < 4.78 is 11.1. The number of ether oxygens (including phenoxy) is 1. The molecule has 3 aromatic rings. The monoisotopic (exact) mass is 416 g/mol. The Morgan fingerprint density at radius 2 is 2.19 bits per heavy atom. The molecular weight excluding hydrogens is 404 g/mol. The van der Waals surface area contributed by atoms with Gasteiger partial charge in [-0.2, -0.15) is 10.2 Å². The average molecular weight is 417 g/mol. The van der Waals surface area contributed by atoms with Crippen molar-refractivity contribution in [2.75, 3.05) is 0 Å². The molecule has 0 radical (unpaired) electrons. The maximum Gasteiger partial charge on any atom is 0.379 e. The van der Waals surface area contributed by atoms with Gasteiger partial charge in [0, 0.05) is 15.7 Å². The molecule has 0 spiro atoms. The maximum atomic E-state index is 12.0. The summed E-state index contributed by atoms with van der Waals surface area (Å²) in [6.07, 6.45) is 2.75. The summed E-state index contributed by atoms with van der Waals surface area (Å²) >= 11 is 3.34. The Labute approximate surface area is 156 Å².